The van der Waals surface area contributed by atoms with Crippen LogP contribution in [-0.4, -0.2) is 37.3 Å². The van der Waals surface area contributed by atoms with E-state index in [4.69, 9.17) is 4.74 Å². The minimum Gasteiger partial charge on any atom is -0.372 e. The first-order valence-electron chi connectivity index (χ1n) is 7.90. The van der Waals surface area contributed by atoms with Gasteiger partial charge in [0.05, 0.1) is 17.6 Å². The van der Waals surface area contributed by atoms with Gasteiger partial charge in [-0.2, -0.15) is 5.10 Å². The maximum Gasteiger partial charge on any atom is 0.233 e. The smallest absolute Gasteiger partial charge is 0.233 e. The molecule has 1 aliphatic rings. The van der Waals surface area contributed by atoms with Crippen molar-refractivity contribution in [3.8, 4) is 0 Å². The molecule has 0 saturated carbocycles. The van der Waals surface area contributed by atoms with Gasteiger partial charge >= 0.3 is 0 Å². The van der Waals surface area contributed by atoms with Crippen LogP contribution >= 0.6 is 0 Å². The second-order valence-corrected chi connectivity index (χ2v) is 5.89. The fourth-order valence-electron chi connectivity index (χ4n) is 3.23. The van der Waals surface area contributed by atoms with E-state index >= 15 is 0 Å². The summed E-state index contributed by atoms with van der Waals surface area (Å²) in [6, 6.07) is 3.96. The molecule has 3 aromatic heterocycles. The van der Waals surface area contributed by atoms with Gasteiger partial charge in [0, 0.05) is 51.3 Å². The van der Waals surface area contributed by atoms with E-state index in [2.05, 4.69) is 20.4 Å². The van der Waals surface area contributed by atoms with Crippen LogP contribution in [0.2, 0.25) is 0 Å². The zero-order valence-corrected chi connectivity index (χ0v) is 13.1. The Morgan fingerprint density at radius 3 is 3.17 bits per heavy atom. The summed E-state index contributed by atoms with van der Waals surface area (Å²) >= 11 is 0. The van der Waals surface area contributed by atoms with Crippen LogP contribution in [0.15, 0.2) is 36.9 Å². The average Bonchev–Trinajstić information content (AvgIpc) is 3.27. The number of aromatic nitrogens is 5. The fourth-order valence-corrected chi connectivity index (χ4v) is 3.23. The molecule has 0 aromatic carbocycles. The predicted molar refractivity (Wildman–Crippen MR) is 84.7 cm³/mol. The zero-order chi connectivity index (χ0) is 15.6. The van der Waals surface area contributed by atoms with Crippen molar-refractivity contribution in [3.05, 3.63) is 48.3 Å². The summed E-state index contributed by atoms with van der Waals surface area (Å²) in [4.78, 5) is 8.55. The molecule has 4 rings (SSSR count). The number of fused-ring (bicyclic) bond motifs is 1. The van der Waals surface area contributed by atoms with E-state index in [1.165, 1.54) is 0 Å². The zero-order valence-electron chi connectivity index (χ0n) is 13.1. The molecule has 7 heteroatoms. The number of hydrogen-bond acceptors (Lipinski definition) is 5. The Hall–Kier alpha value is -2.25. The topological polar surface area (TPSA) is 69.3 Å². The Labute approximate surface area is 134 Å². The summed E-state index contributed by atoms with van der Waals surface area (Å²) < 4.78 is 9.83. The standard InChI is InChI=1S/C16H20N6O/c1-21-14(3-6-20-21)15-12(4-8-23-15)9-17-10-13-11-19-16-18-5-2-7-22(13)16/h2-3,5-7,11-12,15,17H,4,8-10H2,1H3/t12-,15+/m0/s1. The molecular weight excluding hydrogens is 292 g/mol. The summed E-state index contributed by atoms with van der Waals surface area (Å²) in [7, 11) is 1.97. The number of nitrogens with one attached hydrogen (secondary N) is 1. The second kappa shape index (κ2) is 6.10. The molecule has 0 radical (unpaired) electrons. The lowest BCUT2D eigenvalue weighted by molar-refractivity contribution is 0.0837. The third-order valence-electron chi connectivity index (χ3n) is 4.44. The Morgan fingerprint density at radius 1 is 1.35 bits per heavy atom. The van der Waals surface area contributed by atoms with Gasteiger partial charge in [0.25, 0.3) is 0 Å². The van der Waals surface area contributed by atoms with Crippen LogP contribution in [0.5, 0.6) is 0 Å². The van der Waals surface area contributed by atoms with E-state index < -0.39 is 0 Å². The van der Waals surface area contributed by atoms with Gasteiger partial charge in [-0.3, -0.25) is 9.08 Å². The molecule has 0 unspecified atom stereocenters. The van der Waals surface area contributed by atoms with Gasteiger partial charge in [-0.25, -0.2) is 9.97 Å². The van der Waals surface area contributed by atoms with Gasteiger partial charge < -0.3 is 10.1 Å². The first-order chi connectivity index (χ1) is 11.3. The number of ether oxygens (including phenoxy) is 1. The molecule has 1 fully saturated rings. The lowest BCUT2D eigenvalue weighted by Gasteiger charge is -2.19. The molecule has 7 nitrogen and oxygen atoms in total. The third-order valence-corrected chi connectivity index (χ3v) is 4.44. The van der Waals surface area contributed by atoms with Crippen LogP contribution in [0.3, 0.4) is 0 Å². The SMILES string of the molecule is Cn1nccc1[C@@H]1OCC[C@H]1CNCc1cnc2ncccn12. The van der Waals surface area contributed by atoms with Gasteiger partial charge in [0.2, 0.25) is 5.78 Å². The molecule has 0 spiro atoms. The lowest BCUT2D eigenvalue weighted by atomic mass is 9.99. The van der Waals surface area contributed by atoms with E-state index in [1.807, 2.05) is 46.9 Å². The molecular formula is C16H20N6O. The molecule has 0 aliphatic carbocycles. The molecule has 0 amide bonds. The van der Waals surface area contributed by atoms with Crippen molar-refractivity contribution in [2.24, 2.45) is 13.0 Å². The predicted octanol–water partition coefficient (Wildman–Crippen LogP) is 1.33. The number of aryl methyl sites for hydroxylation is 1. The van der Waals surface area contributed by atoms with Gasteiger partial charge in [-0.05, 0) is 18.6 Å². The van der Waals surface area contributed by atoms with Crippen LogP contribution in [0, 0.1) is 5.92 Å². The molecule has 0 bridgehead atoms. The highest BCUT2D eigenvalue weighted by Gasteiger charge is 2.31. The van der Waals surface area contributed by atoms with Crippen molar-refractivity contribution < 1.29 is 4.74 Å². The maximum atomic E-state index is 5.92. The van der Waals surface area contributed by atoms with E-state index in [9.17, 15) is 0 Å². The first kappa shape index (κ1) is 14.3. The van der Waals surface area contributed by atoms with Crippen LogP contribution < -0.4 is 5.32 Å². The van der Waals surface area contributed by atoms with Gasteiger partial charge in [0.1, 0.15) is 6.10 Å². The first-order valence-corrected chi connectivity index (χ1v) is 7.90. The Bertz CT molecular complexity index is 795. The number of rotatable bonds is 5. The van der Waals surface area contributed by atoms with Gasteiger partial charge in [0.15, 0.2) is 0 Å². The second-order valence-electron chi connectivity index (χ2n) is 5.89. The average molecular weight is 312 g/mol. The largest absolute Gasteiger partial charge is 0.372 e. The van der Waals surface area contributed by atoms with Crippen LogP contribution in [-0.2, 0) is 18.3 Å². The maximum absolute atomic E-state index is 5.92. The summed E-state index contributed by atoms with van der Waals surface area (Å²) in [5.74, 6) is 1.20. The van der Waals surface area contributed by atoms with E-state index in [0.29, 0.717) is 5.92 Å². The number of hydrogen-bond donors (Lipinski definition) is 1. The molecule has 1 aliphatic heterocycles. The summed E-state index contributed by atoms with van der Waals surface area (Å²) in [5, 5.41) is 7.78. The Kier molecular flexibility index (Phi) is 3.80. The highest BCUT2D eigenvalue weighted by Crippen LogP contribution is 2.33. The fraction of sp³-hybridized carbons (Fsp3) is 0.438. The monoisotopic (exact) mass is 312 g/mol. The molecule has 2 atom stereocenters. The quantitative estimate of drug-likeness (QED) is 0.770. The van der Waals surface area contributed by atoms with Crippen LogP contribution in [0.4, 0.5) is 0 Å². The molecule has 23 heavy (non-hydrogen) atoms. The summed E-state index contributed by atoms with van der Waals surface area (Å²) in [6.45, 7) is 2.48. The minimum absolute atomic E-state index is 0.124. The summed E-state index contributed by atoms with van der Waals surface area (Å²) in [5.41, 5.74) is 2.26. The van der Waals surface area contributed by atoms with Crippen molar-refractivity contribution in [3.63, 3.8) is 0 Å². The lowest BCUT2D eigenvalue weighted by Crippen LogP contribution is -2.26. The molecule has 120 valence electrons. The van der Waals surface area contributed by atoms with E-state index in [0.717, 1.165) is 43.3 Å². The Balaban J connectivity index is 1.40. The minimum atomic E-state index is 0.124. The van der Waals surface area contributed by atoms with Crippen molar-refractivity contribution in [1.82, 2.24) is 29.5 Å². The molecule has 1 saturated heterocycles. The number of imidazole rings is 1. The summed E-state index contributed by atoms with van der Waals surface area (Å²) in [6.07, 6.45) is 8.64. The third kappa shape index (κ3) is 2.73. The number of nitrogens with zero attached hydrogens (tertiary/aromatic N) is 5. The Morgan fingerprint density at radius 2 is 2.30 bits per heavy atom. The van der Waals surface area contributed by atoms with Gasteiger partial charge in [-0.15, -0.1) is 0 Å². The van der Waals surface area contributed by atoms with Crippen molar-refractivity contribution in [2.75, 3.05) is 13.2 Å². The molecule has 1 N–H and O–H groups in total. The van der Waals surface area contributed by atoms with E-state index in [1.54, 1.807) is 6.20 Å². The van der Waals surface area contributed by atoms with Gasteiger partial charge in [-0.1, -0.05) is 0 Å². The highest BCUT2D eigenvalue weighted by molar-refractivity contribution is 5.30. The van der Waals surface area contributed by atoms with Crippen LogP contribution in [0.1, 0.15) is 23.9 Å². The van der Waals surface area contributed by atoms with Crippen molar-refractivity contribution >= 4 is 5.78 Å². The molecule has 4 heterocycles. The van der Waals surface area contributed by atoms with Crippen LogP contribution in [0.25, 0.3) is 5.78 Å². The van der Waals surface area contributed by atoms with Crippen molar-refractivity contribution in [1.29, 1.82) is 0 Å². The normalized spacial score (nSPS) is 21.3. The highest BCUT2D eigenvalue weighted by atomic mass is 16.5. The molecule has 3 aromatic rings. The van der Waals surface area contributed by atoms with E-state index in [-0.39, 0.29) is 6.10 Å². The van der Waals surface area contributed by atoms with Crippen molar-refractivity contribution in [2.45, 2.75) is 19.1 Å².